The van der Waals surface area contributed by atoms with Crippen molar-refractivity contribution in [1.82, 2.24) is 0 Å². The van der Waals surface area contributed by atoms with Gasteiger partial charge in [-0.2, -0.15) is 0 Å². The summed E-state index contributed by atoms with van der Waals surface area (Å²) in [6.07, 6.45) is 1.56. The topological polar surface area (TPSA) is 46.2 Å². The van der Waals surface area contributed by atoms with Gasteiger partial charge in [-0.3, -0.25) is 9.59 Å². The summed E-state index contributed by atoms with van der Waals surface area (Å²) in [5.74, 6) is -0.167. The summed E-state index contributed by atoms with van der Waals surface area (Å²) in [5.41, 5.74) is 5.50. The van der Waals surface area contributed by atoms with E-state index in [1.165, 1.54) is 0 Å². The van der Waals surface area contributed by atoms with Crippen molar-refractivity contribution < 1.29 is 9.59 Å². The number of fused-ring (bicyclic) bond motifs is 2. The molecule has 0 bridgehead atoms. The van der Waals surface area contributed by atoms with Gasteiger partial charge in [-0.05, 0) is 35.4 Å². The third-order valence-corrected chi connectivity index (χ3v) is 5.27. The lowest BCUT2D eigenvalue weighted by molar-refractivity contribution is 0.104. The molecule has 0 saturated heterocycles. The molecular formula is C24H14ClNO2. The molecule has 2 aliphatic rings. The summed E-state index contributed by atoms with van der Waals surface area (Å²) in [6.45, 7) is 0. The molecule has 5 rings (SSSR count). The normalized spacial score (nSPS) is 14.8. The van der Waals surface area contributed by atoms with E-state index in [2.05, 4.69) is 5.32 Å². The molecule has 0 spiro atoms. The summed E-state index contributed by atoms with van der Waals surface area (Å²) in [7, 11) is 0. The minimum atomic E-state index is -0.0871. The van der Waals surface area contributed by atoms with Gasteiger partial charge >= 0.3 is 0 Å². The maximum atomic E-state index is 13.3. The predicted molar refractivity (Wildman–Crippen MR) is 112 cm³/mol. The Bertz CT molecular complexity index is 1240. The highest BCUT2D eigenvalue weighted by Gasteiger charge is 2.35. The van der Waals surface area contributed by atoms with Crippen molar-refractivity contribution in [1.29, 1.82) is 0 Å². The molecule has 28 heavy (non-hydrogen) atoms. The Hall–Kier alpha value is -3.43. The second-order valence-corrected chi connectivity index (χ2v) is 7.16. The van der Waals surface area contributed by atoms with Crippen LogP contribution in [0.15, 0.2) is 84.4 Å². The summed E-state index contributed by atoms with van der Waals surface area (Å²) >= 11 is 6.13. The highest BCUT2D eigenvalue weighted by molar-refractivity contribution is 6.34. The number of carbonyl (C=O) groups is 2. The minimum Gasteiger partial charge on any atom is -0.354 e. The Kier molecular flexibility index (Phi) is 3.78. The van der Waals surface area contributed by atoms with Crippen molar-refractivity contribution in [2.24, 2.45) is 0 Å². The Morgan fingerprint density at radius 2 is 1.39 bits per heavy atom. The van der Waals surface area contributed by atoms with Crippen molar-refractivity contribution in [2.45, 2.75) is 0 Å². The van der Waals surface area contributed by atoms with Gasteiger partial charge in [0.05, 0.1) is 11.3 Å². The number of ketones is 2. The first-order valence-electron chi connectivity index (χ1n) is 8.90. The maximum Gasteiger partial charge on any atom is 0.196 e. The van der Waals surface area contributed by atoms with Crippen molar-refractivity contribution in [3.8, 4) is 0 Å². The molecule has 1 N–H and O–H groups in total. The van der Waals surface area contributed by atoms with Crippen LogP contribution in [0.3, 0.4) is 0 Å². The van der Waals surface area contributed by atoms with Gasteiger partial charge < -0.3 is 5.32 Å². The third kappa shape index (κ3) is 2.52. The smallest absolute Gasteiger partial charge is 0.196 e. The van der Waals surface area contributed by atoms with Crippen LogP contribution in [0.1, 0.15) is 31.8 Å². The molecule has 0 saturated carbocycles. The van der Waals surface area contributed by atoms with Gasteiger partial charge in [-0.15, -0.1) is 0 Å². The fraction of sp³-hybridized carbons (Fsp3) is 0. The number of carbonyl (C=O) groups excluding carboxylic acids is 2. The number of anilines is 1. The number of benzene rings is 3. The lowest BCUT2D eigenvalue weighted by Crippen LogP contribution is -2.03. The SMILES string of the molecule is O=C1C=C(C2=C(Nc3cccc(Cl)c3)c3ccccc3C2=O)c2ccccc21. The molecule has 0 amide bonds. The number of allylic oxidation sites excluding steroid dienone is 3. The van der Waals surface area contributed by atoms with E-state index in [1.54, 1.807) is 24.3 Å². The van der Waals surface area contributed by atoms with E-state index in [-0.39, 0.29) is 11.6 Å². The van der Waals surface area contributed by atoms with Crippen LogP contribution in [0, 0.1) is 0 Å². The summed E-state index contributed by atoms with van der Waals surface area (Å²) in [5, 5.41) is 3.97. The van der Waals surface area contributed by atoms with E-state index in [0.717, 1.165) is 16.8 Å². The van der Waals surface area contributed by atoms with Gasteiger partial charge in [0.1, 0.15) is 0 Å². The Morgan fingerprint density at radius 3 is 2.14 bits per heavy atom. The highest BCUT2D eigenvalue weighted by Crippen LogP contribution is 2.43. The molecule has 3 nitrogen and oxygen atoms in total. The van der Waals surface area contributed by atoms with E-state index >= 15 is 0 Å². The Morgan fingerprint density at radius 1 is 0.714 bits per heavy atom. The van der Waals surface area contributed by atoms with Crippen LogP contribution < -0.4 is 5.32 Å². The van der Waals surface area contributed by atoms with Crippen molar-refractivity contribution >= 4 is 40.1 Å². The van der Waals surface area contributed by atoms with E-state index in [9.17, 15) is 9.59 Å². The third-order valence-electron chi connectivity index (χ3n) is 5.04. The monoisotopic (exact) mass is 383 g/mol. The molecule has 0 heterocycles. The predicted octanol–water partition coefficient (Wildman–Crippen LogP) is 5.64. The molecule has 0 radical (unpaired) electrons. The first-order chi connectivity index (χ1) is 13.6. The van der Waals surface area contributed by atoms with Gasteiger partial charge in [-0.1, -0.05) is 66.2 Å². The van der Waals surface area contributed by atoms with Crippen LogP contribution in [0.5, 0.6) is 0 Å². The van der Waals surface area contributed by atoms with Crippen LogP contribution in [0.2, 0.25) is 5.02 Å². The van der Waals surface area contributed by atoms with Gasteiger partial charge in [0.25, 0.3) is 0 Å². The molecule has 4 heteroatoms. The largest absolute Gasteiger partial charge is 0.354 e. The number of nitrogens with one attached hydrogen (secondary N) is 1. The Labute approximate surface area is 167 Å². The molecule has 0 aromatic heterocycles. The molecule has 0 unspecified atom stereocenters. The zero-order valence-electron chi connectivity index (χ0n) is 14.7. The molecule has 0 fully saturated rings. The van der Waals surface area contributed by atoms with Crippen molar-refractivity contribution in [3.63, 3.8) is 0 Å². The second-order valence-electron chi connectivity index (χ2n) is 6.73. The molecule has 0 aliphatic heterocycles. The van der Waals surface area contributed by atoms with Crippen LogP contribution in [-0.4, -0.2) is 11.6 Å². The number of rotatable bonds is 3. The van der Waals surface area contributed by atoms with E-state index in [4.69, 9.17) is 11.6 Å². The average Bonchev–Trinajstić information content (AvgIpc) is 3.17. The molecule has 3 aromatic carbocycles. The maximum absolute atomic E-state index is 13.3. The van der Waals surface area contributed by atoms with Crippen molar-refractivity contribution in [2.75, 3.05) is 5.32 Å². The van der Waals surface area contributed by atoms with Crippen LogP contribution in [0.25, 0.3) is 11.3 Å². The lowest BCUT2D eigenvalue weighted by Gasteiger charge is -2.13. The lowest BCUT2D eigenvalue weighted by atomic mass is 9.96. The zero-order valence-corrected chi connectivity index (χ0v) is 15.5. The quantitative estimate of drug-likeness (QED) is 0.636. The molecular weight excluding hydrogens is 370 g/mol. The molecule has 0 atom stereocenters. The van der Waals surface area contributed by atoms with Gasteiger partial charge in [0, 0.05) is 27.4 Å². The molecule has 2 aliphatic carbocycles. The van der Waals surface area contributed by atoms with Gasteiger partial charge in [0.2, 0.25) is 0 Å². The van der Waals surface area contributed by atoms with E-state index in [1.807, 2.05) is 54.6 Å². The zero-order chi connectivity index (χ0) is 19.3. The van der Waals surface area contributed by atoms with Gasteiger partial charge in [-0.25, -0.2) is 0 Å². The number of Topliss-reactive ketones (excluding diaryl/α,β-unsaturated/α-hetero) is 1. The number of hydrogen-bond acceptors (Lipinski definition) is 3. The molecule has 134 valence electrons. The van der Waals surface area contributed by atoms with Crippen molar-refractivity contribution in [3.05, 3.63) is 112 Å². The minimum absolute atomic E-state index is 0.0797. The van der Waals surface area contributed by atoms with Crippen LogP contribution >= 0.6 is 11.6 Å². The number of halogens is 1. The summed E-state index contributed by atoms with van der Waals surface area (Å²) in [4.78, 5) is 25.8. The van der Waals surface area contributed by atoms with E-state index < -0.39 is 0 Å². The van der Waals surface area contributed by atoms with E-state index in [0.29, 0.717) is 33.0 Å². The first-order valence-corrected chi connectivity index (χ1v) is 9.28. The molecule has 3 aromatic rings. The Balaban J connectivity index is 1.72. The summed E-state index contributed by atoms with van der Waals surface area (Å²) < 4.78 is 0. The standard InChI is InChI=1S/C24H14ClNO2/c25-14-6-5-7-15(12-14)26-23-18-10-3-4-11-19(18)24(28)22(23)20-13-21(27)17-9-2-1-8-16(17)20/h1-13,26H. The van der Waals surface area contributed by atoms with Crippen LogP contribution in [-0.2, 0) is 0 Å². The fourth-order valence-corrected chi connectivity index (χ4v) is 4.00. The fourth-order valence-electron chi connectivity index (χ4n) is 3.81. The van der Waals surface area contributed by atoms with Crippen LogP contribution in [0.4, 0.5) is 5.69 Å². The average molecular weight is 384 g/mol. The second kappa shape index (κ2) is 6.32. The first kappa shape index (κ1) is 16.7. The van der Waals surface area contributed by atoms with Gasteiger partial charge in [0.15, 0.2) is 11.6 Å². The summed E-state index contributed by atoms with van der Waals surface area (Å²) in [6, 6.07) is 22.2. The highest BCUT2D eigenvalue weighted by atomic mass is 35.5. The number of hydrogen-bond donors (Lipinski definition) is 1.